The molecule has 152 valence electrons. The molecule has 0 aliphatic heterocycles. The fourth-order valence-corrected chi connectivity index (χ4v) is 2.81. The number of nitrogens with one attached hydrogen (secondary N) is 3. The number of hydrogen-bond acceptors (Lipinski definition) is 4. The van der Waals surface area contributed by atoms with Crippen LogP contribution in [-0.2, 0) is 4.79 Å². The summed E-state index contributed by atoms with van der Waals surface area (Å²) >= 11 is 5.78. The SMILES string of the molecule is O=C(CNC(=O)c1ccc(-c2ccccc2)cc1)NNC(=O)c1cc(Cl)ccc1O. The van der Waals surface area contributed by atoms with Crippen molar-refractivity contribution in [1.82, 2.24) is 16.2 Å². The smallest absolute Gasteiger partial charge is 0.273 e. The van der Waals surface area contributed by atoms with E-state index in [1.54, 1.807) is 12.1 Å². The van der Waals surface area contributed by atoms with Crippen molar-refractivity contribution < 1.29 is 19.5 Å². The van der Waals surface area contributed by atoms with Gasteiger partial charge in [0.1, 0.15) is 5.75 Å². The van der Waals surface area contributed by atoms with Crippen molar-refractivity contribution in [3.05, 3.63) is 88.9 Å². The molecule has 3 aromatic carbocycles. The molecular formula is C22H18ClN3O4. The van der Waals surface area contributed by atoms with Gasteiger partial charge in [0, 0.05) is 10.6 Å². The molecule has 0 fully saturated rings. The molecule has 3 rings (SSSR count). The lowest BCUT2D eigenvalue weighted by Gasteiger charge is -2.10. The van der Waals surface area contributed by atoms with Crippen LogP contribution >= 0.6 is 11.6 Å². The number of hydrogen-bond donors (Lipinski definition) is 4. The van der Waals surface area contributed by atoms with Crippen molar-refractivity contribution in [2.45, 2.75) is 0 Å². The maximum atomic E-state index is 12.2. The van der Waals surface area contributed by atoms with Gasteiger partial charge in [-0.1, -0.05) is 54.1 Å². The molecule has 0 saturated carbocycles. The Kier molecular flexibility index (Phi) is 6.67. The van der Waals surface area contributed by atoms with Gasteiger partial charge in [-0.25, -0.2) is 0 Å². The van der Waals surface area contributed by atoms with E-state index in [4.69, 9.17) is 11.6 Å². The van der Waals surface area contributed by atoms with Gasteiger partial charge in [-0.2, -0.15) is 0 Å². The van der Waals surface area contributed by atoms with Crippen LogP contribution in [0.1, 0.15) is 20.7 Å². The number of carbonyl (C=O) groups excluding carboxylic acids is 3. The average molecular weight is 424 g/mol. The maximum Gasteiger partial charge on any atom is 0.273 e. The molecule has 0 radical (unpaired) electrons. The molecule has 0 heterocycles. The lowest BCUT2D eigenvalue weighted by molar-refractivity contribution is -0.120. The molecule has 3 aromatic rings. The van der Waals surface area contributed by atoms with Gasteiger partial charge in [0.05, 0.1) is 12.1 Å². The topological polar surface area (TPSA) is 108 Å². The van der Waals surface area contributed by atoms with Crippen LogP contribution in [0.5, 0.6) is 5.75 Å². The van der Waals surface area contributed by atoms with Crippen molar-refractivity contribution in [2.24, 2.45) is 0 Å². The highest BCUT2D eigenvalue weighted by atomic mass is 35.5. The van der Waals surface area contributed by atoms with Crippen LogP contribution < -0.4 is 16.2 Å². The third-order valence-corrected chi connectivity index (χ3v) is 4.42. The third-order valence-electron chi connectivity index (χ3n) is 4.18. The Bertz CT molecular complexity index is 1070. The summed E-state index contributed by atoms with van der Waals surface area (Å²) in [6.07, 6.45) is 0. The number of hydrazine groups is 1. The minimum absolute atomic E-state index is 0.0923. The van der Waals surface area contributed by atoms with Crippen molar-refractivity contribution in [3.8, 4) is 16.9 Å². The molecule has 0 saturated heterocycles. The normalized spacial score (nSPS) is 10.2. The fraction of sp³-hybridized carbons (Fsp3) is 0.0455. The molecule has 0 unspecified atom stereocenters. The Labute approximate surface area is 177 Å². The molecule has 0 spiro atoms. The van der Waals surface area contributed by atoms with Gasteiger partial charge in [0.15, 0.2) is 0 Å². The van der Waals surface area contributed by atoms with Gasteiger partial charge >= 0.3 is 0 Å². The molecule has 4 N–H and O–H groups in total. The van der Waals surface area contributed by atoms with E-state index in [0.29, 0.717) is 5.56 Å². The highest BCUT2D eigenvalue weighted by Crippen LogP contribution is 2.21. The summed E-state index contributed by atoms with van der Waals surface area (Å²) in [6.45, 7) is -0.346. The van der Waals surface area contributed by atoms with Crippen LogP contribution in [0.2, 0.25) is 5.02 Å². The van der Waals surface area contributed by atoms with E-state index in [0.717, 1.165) is 11.1 Å². The second kappa shape index (κ2) is 9.58. The number of benzene rings is 3. The minimum Gasteiger partial charge on any atom is -0.507 e. The number of amides is 3. The standard InChI is InChI=1S/C22H18ClN3O4/c23-17-10-11-19(27)18(12-17)22(30)26-25-20(28)13-24-21(29)16-8-6-15(7-9-16)14-4-2-1-3-5-14/h1-12,27H,13H2,(H,24,29)(H,25,28)(H,26,30). The van der Waals surface area contributed by atoms with Crippen LogP contribution in [0.3, 0.4) is 0 Å². The minimum atomic E-state index is -0.744. The summed E-state index contributed by atoms with van der Waals surface area (Å²) in [7, 11) is 0. The van der Waals surface area contributed by atoms with Gasteiger partial charge in [-0.15, -0.1) is 0 Å². The Morgan fingerprint density at radius 1 is 0.800 bits per heavy atom. The largest absolute Gasteiger partial charge is 0.507 e. The van der Waals surface area contributed by atoms with Crippen LogP contribution in [0.25, 0.3) is 11.1 Å². The highest BCUT2D eigenvalue weighted by Gasteiger charge is 2.13. The van der Waals surface area contributed by atoms with Crippen molar-refractivity contribution >= 4 is 29.3 Å². The first kappa shape index (κ1) is 20.9. The summed E-state index contributed by atoms with van der Waals surface area (Å²) in [5, 5.41) is 12.4. The summed E-state index contributed by atoms with van der Waals surface area (Å²) in [4.78, 5) is 36.1. The van der Waals surface area contributed by atoms with Gasteiger partial charge in [-0.05, 0) is 41.5 Å². The Balaban J connectivity index is 1.49. The van der Waals surface area contributed by atoms with E-state index in [1.165, 1.54) is 18.2 Å². The number of phenolic OH excluding ortho intramolecular Hbond substituents is 1. The van der Waals surface area contributed by atoms with E-state index >= 15 is 0 Å². The predicted octanol–water partition coefficient (Wildman–Crippen LogP) is 2.90. The van der Waals surface area contributed by atoms with E-state index in [1.807, 2.05) is 42.5 Å². The molecule has 0 bridgehead atoms. The monoisotopic (exact) mass is 423 g/mol. The van der Waals surface area contributed by atoms with E-state index in [-0.39, 0.29) is 22.9 Å². The summed E-state index contributed by atoms with van der Waals surface area (Å²) in [6, 6.07) is 20.7. The van der Waals surface area contributed by atoms with Crippen molar-refractivity contribution in [3.63, 3.8) is 0 Å². The molecule has 7 nitrogen and oxygen atoms in total. The lowest BCUT2D eigenvalue weighted by atomic mass is 10.0. The number of carbonyl (C=O) groups is 3. The third kappa shape index (κ3) is 5.36. The molecule has 0 aliphatic carbocycles. The first-order valence-electron chi connectivity index (χ1n) is 8.95. The second-order valence-electron chi connectivity index (χ2n) is 6.29. The number of rotatable bonds is 5. The number of aromatic hydroxyl groups is 1. The van der Waals surface area contributed by atoms with E-state index in [9.17, 15) is 19.5 Å². The second-order valence-corrected chi connectivity index (χ2v) is 6.73. The van der Waals surface area contributed by atoms with Gasteiger partial charge in [-0.3, -0.25) is 25.2 Å². The van der Waals surface area contributed by atoms with Crippen molar-refractivity contribution in [2.75, 3.05) is 6.54 Å². The van der Waals surface area contributed by atoms with Crippen LogP contribution in [0.15, 0.2) is 72.8 Å². The molecule has 0 aromatic heterocycles. The molecule has 0 aliphatic rings. The number of halogens is 1. The van der Waals surface area contributed by atoms with Gasteiger partial charge < -0.3 is 10.4 Å². The molecule has 3 amide bonds. The Morgan fingerprint density at radius 2 is 1.47 bits per heavy atom. The van der Waals surface area contributed by atoms with Gasteiger partial charge in [0.2, 0.25) is 0 Å². The van der Waals surface area contributed by atoms with E-state index in [2.05, 4.69) is 16.2 Å². The zero-order valence-electron chi connectivity index (χ0n) is 15.7. The average Bonchev–Trinajstić information content (AvgIpc) is 2.78. The van der Waals surface area contributed by atoms with Crippen LogP contribution in [0.4, 0.5) is 0 Å². The Morgan fingerprint density at radius 3 is 2.17 bits per heavy atom. The highest BCUT2D eigenvalue weighted by molar-refractivity contribution is 6.31. The molecule has 0 atom stereocenters. The first-order chi connectivity index (χ1) is 14.4. The fourth-order valence-electron chi connectivity index (χ4n) is 2.64. The van der Waals surface area contributed by atoms with E-state index < -0.39 is 17.7 Å². The quantitative estimate of drug-likeness (QED) is 0.473. The van der Waals surface area contributed by atoms with Crippen LogP contribution in [-0.4, -0.2) is 29.4 Å². The predicted molar refractivity (Wildman–Crippen MR) is 113 cm³/mol. The zero-order chi connectivity index (χ0) is 21.5. The maximum absolute atomic E-state index is 12.2. The number of phenols is 1. The Hall–Kier alpha value is -3.84. The first-order valence-corrected chi connectivity index (χ1v) is 9.33. The molecular weight excluding hydrogens is 406 g/mol. The summed E-state index contributed by atoms with van der Waals surface area (Å²) in [5.74, 6) is -2.09. The summed E-state index contributed by atoms with van der Waals surface area (Å²) < 4.78 is 0. The summed E-state index contributed by atoms with van der Waals surface area (Å²) in [5.41, 5.74) is 6.61. The van der Waals surface area contributed by atoms with Gasteiger partial charge in [0.25, 0.3) is 17.7 Å². The van der Waals surface area contributed by atoms with Crippen molar-refractivity contribution in [1.29, 1.82) is 0 Å². The molecule has 30 heavy (non-hydrogen) atoms. The lowest BCUT2D eigenvalue weighted by Crippen LogP contribution is -2.46. The van der Waals surface area contributed by atoms with Crippen LogP contribution in [0, 0.1) is 0 Å². The zero-order valence-corrected chi connectivity index (χ0v) is 16.4. The molecule has 8 heteroatoms.